The van der Waals surface area contributed by atoms with Gasteiger partial charge < -0.3 is 14.6 Å². The third kappa shape index (κ3) is 4.50. The predicted octanol–water partition coefficient (Wildman–Crippen LogP) is 1.52. The van der Waals surface area contributed by atoms with Crippen LogP contribution in [0, 0.1) is 5.41 Å². The molecular formula is C14H29NO3. The standard InChI is InChI=1S/C14H29NO3/c1-4-13(2)15(7-9-17-3)10-14(11-16)6-5-8-18-12-14/h13,16H,4-12H2,1-3H3. The smallest absolute Gasteiger partial charge is 0.0589 e. The minimum absolute atomic E-state index is 0.0740. The van der Waals surface area contributed by atoms with Crippen molar-refractivity contribution >= 4 is 0 Å². The Morgan fingerprint density at radius 1 is 1.50 bits per heavy atom. The predicted molar refractivity (Wildman–Crippen MR) is 72.8 cm³/mol. The molecule has 1 fully saturated rings. The maximum atomic E-state index is 9.73. The van der Waals surface area contributed by atoms with Gasteiger partial charge in [-0.05, 0) is 26.2 Å². The van der Waals surface area contributed by atoms with Crippen molar-refractivity contribution in [1.82, 2.24) is 4.90 Å². The fourth-order valence-corrected chi connectivity index (χ4v) is 2.56. The number of aliphatic hydroxyl groups excluding tert-OH is 1. The van der Waals surface area contributed by atoms with E-state index in [-0.39, 0.29) is 12.0 Å². The normalized spacial score (nSPS) is 26.5. The van der Waals surface area contributed by atoms with Gasteiger partial charge in [0.05, 0.1) is 19.8 Å². The van der Waals surface area contributed by atoms with E-state index in [1.807, 2.05) is 0 Å². The summed E-state index contributed by atoms with van der Waals surface area (Å²) in [5, 5.41) is 9.73. The molecule has 0 amide bonds. The van der Waals surface area contributed by atoms with Crippen LogP contribution in [0.3, 0.4) is 0 Å². The molecule has 1 aliphatic rings. The van der Waals surface area contributed by atoms with Gasteiger partial charge in [-0.1, -0.05) is 6.92 Å². The van der Waals surface area contributed by atoms with Crippen LogP contribution in [-0.4, -0.2) is 62.7 Å². The zero-order valence-corrected chi connectivity index (χ0v) is 12.2. The quantitative estimate of drug-likeness (QED) is 0.718. The molecule has 18 heavy (non-hydrogen) atoms. The molecule has 0 aromatic heterocycles. The summed E-state index contributed by atoms with van der Waals surface area (Å²) in [6.45, 7) is 8.75. The number of hydrogen-bond donors (Lipinski definition) is 1. The van der Waals surface area contributed by atoms with Crippen LogP contribution in [0.4, 0.5) is 0 Å². The summed E-state index contributed by atoms with van der Waals surface area (Å²) >= 11 is 0. The highest BCUT2D eigenvalue weighted by Crippen LogP contribution is 2.30. The lowest BCUT2D eigenvalue weighted by Gasteiger charge is -2.41. The highest BCUT2D eigenvalue weighted by molar-refractivity contribution is 4.86. The lowest BCUT2D eigenvalue weighted by atomic mass is 9.82. The van der Waals surface area contributed by atoms with Gasteiger partial charge >= 0.3 is 0 Å². The number of hydrogen-bond acceptors (Lipinski definition) is 4. The molecule has 0 aromatic carbocycles. The number of rotatable bonds is 8. The Kier molecular flexibility index (Phi) is 7.15. The van der Waals surface area contributed by atoms with Crippen LogP contribution in [0.25, 0.3) is 0 Å². The average Bonchev–Trinajstić information content (AvgIpc) is 2.43. The van der Waals surface area contributed by atoms with Gasteiger partial charge in [-0.2, -0.15) is 0 Å². The van der Waals surface area contributed by atoms with Crippen LogP contribution in [0.15, 0.2) is 0 Å². The van der Waals surface area contributed by atoms with Gasteiger partial charge in [-0.25, -0.2) is 0 Å². The molecule has 0 aliphatic carbocycles. The lowest BCUT2D eigenvalue weighted by molar-refractivity contribution is -0.0626. The molecule has 2 atom stereocenters. The molecule has 0 radical (unpaired) electrons. The first-order valence-electron chi connectivity index (χ1n) is 7.09. The molecule has 1 saturated heterocycles. The topological polar surface area (TPSA) is 41.9 Å². The fraction of sp³-hybridized carbons (Fsp3) is 1.00. The molecule has 1 N–H and O–H groups in total. The van der Waals surface area contributed by atoms with Crippen LogP contribution >= 0.6 is 0 Å². The Labute approximate surface area is 111 Å². The van der Waals surface area contributed by atoms with Crippen molar-refractivity contribution in [2.75, 3.05) is 46.6 Å². The molecular weight excluding hydrogens is 230 g/mol. The molecule has 0 bridgehead atoms. The molecule has 1 heterocycles. The Hall–Kier alpha value is -0.160. The van der Waals surface area contributed by atoms with E-state index in [1.54, 1.807) is 7.11 Å². The van der Waals surface area contributed by atoms with Crippen molar-refractivity contribution in [3.05, 3.63) is 0 Å². The molecule has 4 nitrogen and oxygen atoms in total. The van der Waals surface area contributed by atoms with Gasteiger partial charge in [0.1, 0.15) is 0 Å². The maximum Gasteiger partial charge on any atom is 0.0589 e. The minimum atomic E-state index is -0.0740. The van der Waals surface area contributed by atoms with E-state index in [1.165, 1.54) is 0 Å². The van der Waals surface area contributed by atoms with Crippen molar-refractivity contribution in [3.8, 4) is 0 Å². The number of methoxy groups -OCH3 is 1. The maximum absolute atomic E-state index is 9.73. The van der Waals surface area contributed by atoms with Gasteiger partial charge in [0, 0.05) is 38.3 Å². The van der Waals surface area contributed by atoms with E-state index in [2.05, 4.69) is 18.7 Å². The third-order valence-corrected chi connectivity index (χ3v) is 4.07. The first-order valence-corrected chi connectivity index (χ1v) is 7.09. The summed E-state index contributed by atoms with van der Waals surface area (Å²) in [6, 6.07) is 0.519. The summed E-state index contributed by atoms with van der Waals surface area (Å²) in [7, 11) is 1.74. The van der Waals surface area contributed by atoms with E-state index in [0.29, 0.717) is 12.6 Å². The minimum Gasteiger partial charge on any atom is -0.396 e. The fourth-order valence-electron chi connectivity index (χ4n) is 2.56. The van der Waals surface area contributed by atoms with Crippen LogP contribution in [0.5, 0.6) is 0 Å². The number of ether oxygens (including phenoxy) is 2. The lowest BCUT2D eigenvalue weighted by Crippen LogP contribution is -2.49. The van der Waals surface area contributed by atoms with Crippen molar-refractivity contribution in [3.63, 3.8) is 0 Å². The highest BCUT2D eigenvalue weighted by Gasteiger charge is 2.35. The Balaban J connectivity index is 2.60. The second kappa shape index (κ2) is 8.10. The van der Waals surface area contributed by atoms with E-state index < -0.39 is 0 Å². The first kappa shape index (κ1) is 15.9. The van der Waals surface area contributed by atoms with E-state index in [9.17, 15) is 5.11 Å². The van der Waals surface area contributed by atoms with Crippen LogP contribution < -0.4 is 0 Å². The van der Waals surface area contributed by atoms with E-state index in [4.69, 9.17) is 9.47 Å². The molecule has 2 unspecified atom stereocenters. The first-order chi connectivity index (χ1) is 8.67. The Bertz CT molecular complexity index is 217. The summed E-state index contributed by atoms with van der Waals surface area (Å²) in [6.07, 6.45) is 3.23. The second-order valence-corrected chi connectivity index (χ2v) is 5.53. The second-order valence-electron chi connectivity index (χ2n) is 5.53. The molecule has 0 aromatic rings. The van der Waals surface area contributed by atoms with E-state index in [0.717, 1.165) is 45.6 Å². The molecule has 1 rings (SSSR count). The summed E-state index contributed by atoms with van der Waals surface area (Å²) in [5.74, 6) is 0. The molecule has 1 aliphatic heterocycles. The van der Waals surface area contributed by atoms with Crippen molar-refractivity contribution in [2.24, 2.45) is 5.41 Å². The van der Waals surface area contributed by atoms with Gasteiger partial charge in [0.25, 0.3) is 0 Å². The number of nitrogens with zero attached hydrogens (tertiary/aromatic N) is 1. The van der Waals surface area contributed by atoms with E-state index >= 15 is 0 Å². The third-order valence-electron chi connectivity index (χ3n) is 4.07. The zero-order valence-electron chi connectivity index (χ0n) is 12.2. The van der Waals surface area contributed by atoms with Crippen LogP contribution in [0.2, 0.25) is 0 Å². The highest BCUT2D eigenvalue weighted by atomic mass is 16.5. The van der Waals surface area contributed by atoms with Crippen molar-refractivity contribution in [2.45, 2.75) is 39.2 Å². The molecule has 0 saturated carbocycles. The van der Waals surface area contributed by atoms with Gasteiger partial charge in [-0.15, -0.1) is 0 Å². The zero-order chi connectivity index (χ0) is 13.4. The van der Waals surface area contributed by atoms with Crippen molar-refractivity contribution in [1.29, 1.82) is 0 Å². The van der Waals surface area contributed by atoms with Crippen LogP contribution in [0.1, 0.15) is 33.1 Å². The summed E-state index contributed by atoms with van der Waals surface area (Å²) in [5.41, 5.74) is -0.0740. The molecule has 0 spiro atoms. The molecule has 108 valence electrons. The van der Waals surface area contributed by atoms with Crippen molar-refractivity contribution < 1.29 is 14.6 Å². The van der Waals surface area contributed by atoms with Gasteiger partial charge in [0.15, 0.2) is 0 Å². The molecule has 4 heteroatoms. The summed E-state index contributed by atoms with van der Waals surface area (Å²) in [4.78, 5) is 2.42. The monoisotopic (exact) mass is 259 g/mol. The Morgan fingerprint density at radius 2 is 2.28 bits per heavy atom. The average molecular weight is 259 g/mol. The Morgan fingerprint density at radius 3 is 2.78 bits per heavy atom. The largest absolute Gasteiger partial charge is 0.396 e. The summed E-state index contributed by atoms with van der Waals surface area (Å²) < 4.78 is 10.8. The SMILES string of the molecule is CCC(C)N(CCOC)CC1(CO)CCCOC1. The van der Waals surface area contributed by atoms with Crippen LogP contribution in [-0.2, 0) is 9.47 Å². The van der Waals surface area contributed by atoms with Gasteiger partial charge in [0.2, 0.25) is 0 Å². The van der Waals surface area contributed by atoms with Gasteiger partial charge in [-0.3, -0.25) is 4.90 Å². The number of aliphatic hydroxyl groups is 1.